The Morgan fingerprint density at radius 1 is 1.21 bits per heavy atom. The lowest BCUT2D eigenvalue weighted by Crippen LogP contribution is -2.35. The van der Waals surface area contributed by atoms with Crippen LogP contribution in [-0.2, 0) is 9.53 Å². The van der Waals surface area contributed by atoms with Gasteiger partial charge >= 0.3 is 0 Å². The summed E-state index contributed by atoms with van der Waals surface area (Å²) in [7, 11) is 1.56. The van der Waals surface area contributed by atoms with Crippen LogP contribution in [0, 0.1) is 5.82 Å². The summed E-state index contributed by atoms with van der Waals surface area (Å²) < 4.78 is 19.7. The van der Waals surface area contributed by atoms with Gasteiger partial charge in [0.05, 0.1) is 24.0 Å². The van der Waals surface area contributed by atoms with E-state index in [9.17, 15) is 19.1 Å². The Morgan fingerprint density at radius 2 is 1.91 bits per heavy atom. The second-order valence-electron chi connectivity index (χ2n) is 8.65. The summed E-state index contributed by atoms with van der Waals surface area (Å²) in [5.74, 6) is -0.668. The quantitative estimate of drug-likeness (QED) is 0.606. The summed E-state index contributed by atoms with van der Waals surface area (Å²) in [5, 5.41) is 21.2. The maximum absolute atomic E-state index is 13.6. The average molecular weight is 452 g/mol. The Hall–Kier alpha value is -3.49. The molecule has 2 aromatic rings. The fourth-order valence-corrected chi connectivity index (χ4v) is 4.08. The Bertz CT molecular complexity index is 1180. The molecule has 1 unspecified atom stereocenters. The second kappa shape index (κ2) is 8.46. The number of fused-ring (bicyclic) bond motifs is 1. The molecule has 3 N–H and O–H groups in total. The minimum atomic E-state index is -0.999. The molecule has 0 radical (unpaired) electrons. The molecule has 0 saturated carbocycles. The topological polar surface area (TPSA) is 99.1 Å². The molecular formula is C25H25FN2O5. The fraction of sp³-hybridized carbons (Fsp3) is 0.280. The van der Waals surface area contributed by atoms with Crippen LogP contribution in [0.4, 0.5) is 10.1 Å². The number of rotatable bonds is 5. The van der Waals surface area contributed by atoms with Crippen molar-refractivity contribution in [1.29, 1.82) is 0 Å². The Labute approximate surface area is 190 Å². The molecule has 0 fully saturated rings. The number of aliphatic hydroxyl groups excluding tert-OH is 2. The Balaban J connectivity index is 1.64. The zero-order chi connectivity index (χ0) is 23.9. The number of amides is 2. The maximum atomic E-state index is 13.6. The van der Waals surface area contributed by atoms with E-state index in [0.29, 0.717) is 28.1 Å². The number of carbonyl (C=O) groups excluding carboxylic acids is 2. The highest BCUT2D eigenvalue weighted by atomic mass is 19.1. The summed E-state index contributed by atoms with van der Waals surface area (Å²) in [5.41, 5.74) is 2.69. The van der Waals surface area contributed by atoms with Gasteiger partial charge in [0, 0.05) is 30.3 Å². The van der Waals surface area contributed by atoms with Crippen LogP contribution in [0.1, 0.15) is 35.3 Å². The van der Waals surface area contributed by atoms with Crippen LogP contribution in [0.3, 0.4) is 0 Å². The summed E-state index contributed by atoms with van der Waals surface area (Å²) in [4.78, 5) is 26.5. The van der Waals surface area contributed by atoms with Crippen molar-refractivity contribution in [3.05, 3.63) is 76.8 Å². The van der Waals surface area contributed by atoms with E-state index in [4.69, 9.17) is 9.84 Å². The summed E-state index contributed by atoms with van der Waals surface area (Å²) in [6.45, 7) is 3.37. The Morgan fingerprint density at radius 3 is 2.58 bits per heavy atom. The van der Waals surface area contributed by atoms with Crippen molar-refractivity contribution >= 4 is 28.6 Å². The number of hydrogen-bond donors (Lipinski definition) is 3. The second-order valence-corrected chi connectivity index (χ2v) is 8.65. The normalized spacial score (nSPS) is 19.5. The van der Waals surface area contributed by atoms with E-state index in [1.807, 2.05) is 13.8 Å². The predicted octanol–water partition coefficient (Wildman–Crippen LogP) is 2.81. The number of aliphatic hydroxyl groups is 2. The van der Waals surface area contributed by atoms with Gasteiger partial charge < -0.3 is 25.2 Å². The summed E-state index contributed by atoms with van der Waals surface area (Å²) >= 11 is 0. The first-order valence-electron chi connectivity index (χ1n) is 10.5. The first kappa shape index (κ1) is 22.7. The number of benzene rings is 2. The van der Waals surface area contributed by atoms with E-state index in [1.54, 1.807) is 43.5 Å². The van der Waals surface area contributed by atoms with Crippen molar-refractivity contribution in [3.8, 4) is 0 Å². The molecule has 2 amide bonds. The van der Waals surface area contributed by atoms with E-state index >= 15 is 0 Å². The molecule has 8 heteroatoms. The number of likely N-dealkylation sites (N-methyl/N-ethyl adjacent to an activating group) is 1. The molecule has 2 aromatic carbocycles. The lowest BCUT2D eigenvalue weighted by Gasteiger charge is -2.24. The molecule has 172 valence electrons. The highest BCUT2D eigenvalue weighted by Gasteiger charge is 2.38. The average Bonchev–Trinajstić information content (AvgIpc) is 3.27. The molecule has 0 aliphatic carbocycles. The van der Waals surface area contributed by atoms with Gasteiger partial charge in [-0.1, -0.05) is 12.1 Å². The molecule has 2 aliphatic rings. The molecule has 33 heavy (non-hydrogen) atoms. The SMILES string of the molecule is CN(CC(O)CO)C(=O)c1ccc(C2=CC(=C3C(=O)Nc4cc(F)ccc43)OC2(C)C)cc1. The van der Waals surface area contributed by atoms with Crippen LogP contribution < -0.4 is 5.32 Å². The molecular weight excluding hydrogens is 427 g/mol. The van der Waals surface area contributed by atoms with Crippen LogP contribution in [0.5, 0.6) is 0 Å². The zero-order valence-electron chi connectivity index (χ0n) is 18.6. The van der Waals surface area contributed by atoms with Crippen LogP contribution >= 0.6 is 0 Å². The van der Waals surface area contributed by atoms with Crippen LogP contribution in [0.15, 0.2) is 54.3 Å². The number of nitrogens with one attached hydrogen (secondary N) is 1. The molecule has 4 rings (SSSR count). The highest BCUT2D eigenvalue weighted by molar-refractivity contribution is 6.32. The summed E-state index contributed by atoms with van der Waals surface area (Å²) in [6, 6.07) is 11.1. The minimum Gasteiger partial charge on any atom is -0.482 e. The lowest BCUT2D eigenvalue weighted by atomic mass is 9.91. The number of nitrogens with zero attached hydrogens (tertiary/aromatic N) is 1. The minimum absolute atomic E-state index is 0.0213. The van der Waals surface area contributed by atoms with Crippen molar-refractivity contribution in [2.24, 2.45) is 0 Å². The largest absolute Gasteiger partial charge is 0.482 e. The molecule has 2 heterocycles. The van der Waals surface area contributed by atoms with E-state index in [1.165, 1.54) is 17.0 Å². The van der Waals surface area contributed by atoms with E-state index in [0.717, 1.165) is 11.1 Å². The molecule has 0 bridgehead atoms. The summed E-state index contributed by atoms with van der Waals surface area (Å²) in [6.07, 6.45) is 0.800. The first-order chi connectivity index (χ1) is 15.6. The number of anilines is 1. The molecule has 0 saturated heterocycles. The van der Waals surface area contributed by atoms with Crippen molar-refractivity contribution < 1.29 is 28.9 Å². The van der Waals surface area contributed by atoms with E-state index in [2.05, 4.69) is 5.32 Å². The molecule has 7 nitrogen and oxygen atoms in total. The van der Waals surface area contributed by atoms with Gasteiger partial charge in [-0.05, 0) is 55.8 Å². The van der Waals surface area contributed by atoms with Crippen LogP contribution in [0.2, 0.25) is 0 Å². The van der Waals surface area contributed by atoms with Gasteiger partial charge in [-0.25, -0.2) is 4.39 Å². The number of ether oxygens (including phenoxy) is 1. The maximum Gasteiger partial charge on any atom is 0.260 e. The lowest BCUT2D eigenvalue weighted by molar-refractivity contribution is -0.111. The molecule has 2 aliphatic heterocycles. The van der Waals surface area contributed by atoms with Crippen molar-refractivity contribution in [1.82, 2.24) is 4.90 Å². The molecule has 0 spiro atoms. The van der Waals surface area contributed by atoms with Gasteiger partial charge in [-0.2, -0.15) is 0 Å². The van der Waals surface area contributed by atoms with E-state index in [-0.39, 0.29) is 18.4 Å². The smallest absolute Gasteiger partial charge is 0.260 e. The molecule has 1 atom stereocenters. The van der Waals surface area contributed by atoms with Gasteiger partial charge in [-0.3, -0.25) is 9.59 Å². The van der Waals surface area contributed by atoms with Crippen molar-refractivity contribution in [2.45, 2.75) is 25.6 Å². The van der Waals surface area contributed by atoms with Crippen LogP contribution in [0.25, 0.3) is 11.1 Å². The van der Waals surface area contributed by atoms with Crippen molar-refractivity contribution in [3.63, 3.8) is 0 Å². The monoisotopic (exact) mass is 452 g/mol. The fourth-order valence-electron chi connectivity index (χ4n) is 4.08. The van der Waals surface area contributed by atoms with Gasteiger partial charge in [0.2, 0.25) is 0 Å². The van der Waals surface area contributed by atoms with Gasteiger partial charge in [0.15, 0.2) is 0 Å². The third-order valence-corrected chi connectivity index (χ3v) is 5.75. The standard InChI is InChI=1S/C25H25FN2O5/c1-25(2)19(14-4-6-15(7-5-14)24(32)28(3)12-17(30)13-29)11-21(33-25)22-18-9-8-16(26)10-20(18)27-23(22)31/h4-11,17,29-30H,12-13H2,1-3H3,(H,27,31). The number of halogens is 1. The van der Waals surface area contributed by atoms with Gasteiger partial charge in [-0.15, -0.1) is 0 Å². The van der Waals surface area contributed by atoms with E-state index < -0.39 is 24.1 Å². The Kier molecular flexibility index (Phi) is 5.82. The number of allylic oxidation sites excluding steroid dienone is 1. The zero-order valence-corrected chi connectivity index (χ0v) is 18.6. The predicted molar refractivity (Wildman–Crippen MR) is 122 cm³/mol. The third-order valence-electron chi connectivity index (χ3n) is 5.75. The van der Waals surface area contributed by atoms with Crippen LogP contribution in [-0.4, -0.2) is 58.8 Å². The highest BCUT2D eigenvalue weighted by Crippen LogP contribution is 2.44. The molecule has 0 aromatic heterocycles. The van der Waals surface area contributed by atoms with Gasteiger partial charge in [0.1, 0.15) is 17.2 Å². The first-order valence-corrected chi connectivity index (χ1v) is 10.5. The third kappa shape index (κ3) is 4.27. The van der Waals surface area contributed by atoms with Crippen molar-refractivity contribution in [2.75, 3.05) is 25.5 Å². The number of carbonyl (C=O) groups is 2. The van der Waals surface area contributed by atoms with Gasteiger partial charge in [0.25, 0.3) is 11.8 Å². The number of hydrogen-bond acceptors (Lipinski definition) is 5.